The summed E-state index contributed by atoms with van der Waals surface area (Å²) in [5.41, 5.74) is 2.00. The molecule has 5 heteroatoms. The molecule has 3 aliphatic heterocycles. The number of hydrogen-bond acceptors (Lipinski definition) is 4. The summed E-state index contributed by atoms with van der Waals surface area (Å²) in [6.07, 6.45) is 6.56. The van der Waals surface area contributed by atoms with Gasteiger partial charge in [-0.2, -0.15) is 0 Å². The quantitative estimate of drug-likeness (QED) is 0.867. The highest BCUT2D eigenvalue weighted by Gasteiger charge is 2.43. The highest BCUT2D eigenvalue weighted by molar-refractivity contribution is 6.30. The molecule has 2 bridgehead atoms. The first-order valence-corrected chi connectivity index (χ1v) is 9.37. The van der Waals surface area contributed by atoms with Crippen molar-refractivity contribution in [2.75, 3.05) is 0 Å². The van der Waals surface area contributed by atoms with Crippen LogP contribution in [0.25, 0.3) is 0 Å². The number of piperidine rings is 1. The Kier molecular flexibility index (Phi) is 3.47. The third kappa shape index (κ3) is 2.59. The topological polar surface area (TPSA) is 43.4 Å². The zero-order valence-electron chi connectivity index (χ0n) is 14.2. The lowest BCUT2D eigenvalue weighted by molar-refractivity contribution is -0.0722. The van der Waals surface area contributed by atoms with Gasteiger partial charge in [-0.05, 0) is 49.8 Å². The SMILES string of the molecule is CC1(c2ccc(Cl)cn2)Oc2cccc(C3CC4CCC(C3)N4)c2O1. The van der Waals surface area contributed by atoms with Gasteiger partial charge in [-0.25, -0.2) is 0 Å². The zero-order chi connectivity index (χ0) is 17.0. The van der Waals surface area contributed by atoms with E-state index in [0.29, 0.717) is 23.0 Å². The van der Waals surface area contributed by atoms with Gasteiger partial charge in [-0.1, -0.05) is 23.7 Å². The number of nitrogens with zero attached hydrogens (tertiary/aromatic N) is 1. The molecule has 0 aliphatic carbocycles. The summed E-state index contributed by atoms with van der Waals surface area (Å²) in [5.74, 6) is 1.31. The number of para-hydroxylation sites is 1. The molecule has 130 valence electrons. The predicted molar refractivity (Wildman–Crippen MR) is 96.2 cm³/mol. The normalized spacial score (nSPS) is 32.8. The van der Waals surface area contributed by atoms with E-state index in [2.05, 4.69) is 22.4 Å². The van der Waals surface area contributed by atoms with Gasteiger partial charge in [0, 0.05) is 30.8 Å². The Balaban J connectivity index is 1.48. The van der Waals surface area contributed by atoms with E-state index in [0.717, 1.165) is 17.2 Å². The third-order valence-corrected chi connectivity index (χ3v) is 5.94. The van der Waals surface area contributed by atoms with Gasteiger partial charge in [0.25, 0.3) is 5.79 Å². The van der Waals surface area contributed by atoms with Crippen LogP contribution in [0.1, 0.15) is 49.8 Å². The first-order valence-electron chi connectivity index (χ1n) is 9.00. The van der Waals surface area contributed by atoms with Crippen LogP contribution in [0, 0.1) is 0 Å². The van der Waals surface area contributed by atoms with Crippen LogP contribution < -0.4 is 14.8 Å². The van der Waals surface area contributed by atoms with Gasteiger partial charge in [-0.15, -0.1) is 0 Å². The number of nitrogens with one attached hydrogen (secondary N) is 1. The molecular formula is C20H21ClN2O2. The highest BCUT2D eigenvalue weighted by Crippen LogP contribution is 2.50. The maximum Gasteiger partial charge on any atom is 0.292 e. The molecule has 5 rings (SSSR count). The molecule has 2 saturated heterocycles. The van der Waals surface area contributed by atoms with Crippen LogP contribution in [0.15, 0.2) is 36.5 Å². The van der Waals surface area contributed by atoms with Crippen molar-refractivity contribution in [3.63, 3.8) is 0 Å². The largest absolute Gasteiger partial charge is 0.443 e. The van der Waals surface area contributed by atoms with Gasteiger partial charge in [-0.3, -0.25) is 4.98 Å². The first-order chi connectivity index (χ1) is 12.1. The van der Waals surface area contributed by atoms with Crippen LogP contribution in [-0.4, -0.2) is 17.1 Å². The number of fused-ring (bicyclic) bond motifs is 3. The zero-order valence-corrected chi connectivity index (χ0v) is 14.9. The Morgan fingerprint density at radius 3 is 2.64 bits per heavy atom. The molecule has 2 aromatic rings. The molecule has 4 nitrogen and oxygen atoms in total. The van der Waals surface area contributed by atoms with Crippen LogP contribution in [0.2, 0.25) is 5.02 Å². The summed E-state index contributed by atoms with van der Waals surface area (Å²) >= 11 is 5.96. The number of benzene rings is 1. The molecule has 1 aromatic heterocycles. The summed E-state index contributed by atoms with van der Waals surface area (Å²) in [5, 5.41) is 4.32. The van der Waals surface area contributed by atoms with Crippen molar-refractivity contribution >= 4 is 11.6 Å². The Morgan fingerprint density at radius 2 is 1.92 bits per heavy atom. The molecule has 4 heterocycles. The molecule has 2 fully saturated rings. The van der Waals surface area contributed by atoms with E-state index in [1.165, 1.54) is 31.2 Å². The smallest absolute Gasteiger partial charge is 0.292 e. The first kappa shape index (κ1) is 15.5. The lowest BCUT2D eigenvalue weighted by Crippen LogP contribution is -2.37. The van der Waals surface area contributed by atoms with Gasteiger partial charge in [0.1, 0.15) is 5.69 Å². The van der Waals surface area contributed by atoms with Crippen molar-refractivity contribution in [1.29, 1.82) is 0 Å². The maximum absolute atomic E-state index is 6.35. The molecule has 25 heavy (non-hydrogen) atoms. The van der Waals surface area contributed by atoms with Gasteiger partial charge < -0.3 is 14.8 Å². The van der Waals surface area contributed by atoms with Crippen molar-refractivity contribution in [3.8, 4) is 11.5 Å². The summed E-state index contributed by atoms with van der Waals surface area (Å²) in [6, 6.07) is 11.2. The molecule has 1 N–H and O–H groups in total. The standard InChI is InChI=1S/C20H21ClN2O2/c1-20(18-8-5-13(21)11-22-18)24-17-4-2-3-16(19(17)25-20)12-9-14-6-7-15(10-12)23-14/h2-5,8,11-12,14-15,23H,6-7,9-10H2,1H3. The van der Waals surface area contributed by atoms with Crippen LogP contribution in [-0.2, 0) is 5.79 Å². The Labute approximate surface area is 152 Å². The fourth-order valence-electron chi connectivity index (χ4n) is 4.53. The van der Waals surface area contributed by atoms with Crippen LogP contribution in [0.4, 0.5) is 0 Å². The molecule has 1 aromatic carbocycles. The summed E-state index contributed by atoms with van der Waals surface area (Å²) < 4.78 is 12.5. The van der Waals surface area contributed by atoms with E-state index < -0.39 is 5.79 Å². The van der Waals surface area contributed by atoms with Gasteiger partial charge in [0.2, 0.25) is 0 Å². The predicted octanol–water partition coefficient (Wildman–Crippen LogP) is 4.38. The molecule has 3 atom stereocenters. The molecule has 0 amide bonds. The van der Waals surface area contributed by atoms with E-state index in [1.807, 2.05) is 25.1 Å². The van der Waals surface area contributed by atoms with Crippen LogP contribution in [0.5, 0.6) is 11.5 Å². The van der Waals surface area contributed by atoms with Crippen molar-refractivity contribution in [2.45, 2.75) is 56.4 Å². The average Bonchev–Trinajstić information content (AvgIpc) is 3.14. The fourth-order valence-corrected chi connectivity index (χ4v) is 4.64. The number of pyridine rings is 1. The second-order valence-corrected chi connectivity index (χ2v) is 7.93. The molecular weight excluding hydrogens is 336 g/mol. The number of hydrogen-bond donors (Lipinski definition) is 1. The van der Waals surface area contributed by atoms with E-state index in [-0.39, 0.29) is 0 Å². The minimum Gasteiger partial charge on any atom is -0.443 e. The summed E-state index contributed by atoms with van der Waals surface area (Å²) in [6.45, 7) is 1.92. The van der Waals surface area contributed by atoms with E-state index in [1.54, 1.807) is 6.20 Å². The average molecular weight is 357 g/mol. The number of aromatic nitrogens is 1. The summed E-state index contributed by atoms with van der Waals surface area (Å²) in [4.78, 5) is 4.40. The minimum absolute atomic E-state index is 0.526. The van der Waals surface area contributed by atoms with Crippen LogP contribution in [0.3, 0.4) is 0 Å². The summed E-state index contributed by atoms with van der Waals surface area (Å²) in [7, 11) is 0. The maximum atomic E-state index is 6.35. The third-order valence-electron chi connectivity index (χ3n) is 5.72. The fraction of sp³-hybridized carbons (Fsp3) is 0.450. The molecule has 3 aliphatic rings. The highest BCUT2D eigenvalue weighted by atomic mass is 35.5. The van der Waals surface area contributed by atoms with Gasteiger partial charge in [0.15, 0.2) is 11.5 Å². The monoisotopic (exact) mass is 356 g/mol. The van der Waals surface area contributed by atoms with Gasteiger partial charge >= 0.3 is 0 Å². The minimum atomic E-state index is -0.908. The Bertz CT molecular complexity index is 798. The van der Waals surface area contributed by atoms with Crippen molar-refractivity contribution in [1.82, 2.24) is 10.3 Å². The Morgan fingerprint density at radius 1 is 1.12 bits per heavy atom. The van der Waals surface area contributed by atoms with Crippen LogP contribution >= 0.6 is 11.6 Å². The lowest BCUT2D eigenvalue weighted by Gasteiger charge is -2.30. The lowest BCUT2D eigenvalue weighted by atomic mass is 9.85. The molecule has 3 unspecified atom stereocenters. The van der Waals surface area contributed by atoms with Crippen molar-refractivity contribution in [3.05, 3.63) is 52.8 Å². The number of ether oxygens (including phenoxy) is 2. The molecule has 0 spiro atoms. The molecule has 0 radical (unpaired) electrons. The number of rotatable bonds is 2. The van der Waals surface area contributed by atoms with E-state index in [9.17, 15) is 0 Å². The van der Waals surface area contributed by atoms with Gasteiger partial charge in [0.05, 0.1) is 5.02 Å². The van der Waals surface area contributed by atoms with E-state index in [4.69, 9.17) is 21.1 Å². The van der Waals surface area contributed by atoms with Crippen molar-refractivity contribution < 1.29 is 9.47 Å². The number of halogens is 1. The van der Waals surface area contributed by atoms with E-state index >= 15 is 0 Å². The molecule has 0 saturated carbocycles. The Hall–Kier alpha value is -1.78. The second-order valence-electron chi connectivity index (χ2n) is 7.49. The van der Waals surface area contributed by atoms with Crippen molar-refractivity contribution in [2.24, 2.45) is 0 Å². The second kappa shape index (κ2) is 5.61.